The first-order valence-corrected chi connectivity index (χ1v) is 34.7. The van der Waals surface area contributed by atoms with Gasteiger partial charge in [-0.05, 0) is 172 Å². The molecule has 3 fully saturated rings. The number of aromatic amines is 3. The maximum absolute atomic E-state index is 13.9. The number of alkyl halides is 3. The molecule has 0 saturated carbocycles. The summed E-state index contributed by atoms with van der Waals surface area (Å²) < 4.78 is 109. The number of hydrogen-bond donors (Lipinski definition) is 4. The molecule has 0 unspecified atom stereocenters. The number of fused-ring (bicyclic) bond motifs is 6. The molecule has 3 aliphatic heterocycles. The van der Waals surface area contributed by atoms with Gasteiger partial charge in [0, 0.05) is 202 Å². The predicted molar refractivity (Wildman–Crippen MR) is 390 cm³/mol. The van der Waals surface area contributed by atoms with E-state index in [0.717, 1.165) is 166 Å². The summed E-state index contributed by atoms with van der Waals surface area (Å²) in [6.45, 7) is 4.07. The van der Waals surface area contributed by atoms with E-state index in [2.05, 4.69) is 83.8 Å². The Morgan fingerprint density at radius 3 is 1.21 bits per heavy atom. The molecule has 9 aromatic heterocycles. The van der Waals surface area contributed by atoms with Crippen molar-refractivity contribution in [2.45, 2.75) is 69.4 Å². The van der Waals surface area contributed by atoms with Crippen molar-refractivity contribution in [2.24, 2.45) is 7.05 Å². The number of halogens is 6. The van der Waals surface area contributed by atoms with E-state index in [4.69, 9.17) is 18.9 Å². The van der Waals surface area contributed by atoms with E-state index in [-0.39, 0.29) is 52.6 Å². The summed E-state index contributed by atoms with van der Waals surface area (Å²) in [5.74, 6) is 0.0263. The average molecular weight is 1420 g/mol. The smallest absolute Gasteiger partial charge is 0.422 e. The molecular weight excluding hydrogens is 1350 g/mol. The number of carbonyl (C=O) groups excluding carboxylic acids is 1. The largest absolute Gasteiger partial charge is 0.468 e. The average Bonchev–Trinajstić information content (AvgIpc) is 1.59. The highest BCUT2D eigenvalue weighted by Gasteiger charge is 2.34. The van der Waals surface area contributed by atoms with Crippen LogP contribution in [0, 0.1) is 17.5 Å². The van der Waals surface area contributed by atoms with Crippen molar-refractivity contribution in [3.05, 3.63) is 228 Å². The third kappa shape index (κ3) is 13.6. The summed E-state index contributed by atoms with van der Waals surface area (Å²) in [4.78, 5) is 32.3. The third-order valence-corrected chi connectivity index (χ3v) is 19.9. The van der Waals surface area contributed by atoms with E-state index in [0.29, 0.717) is 45.5 Å². The molecule has 4 N–H and O–H groups in total. The SMILES string of the molecule is CC(=O)Nc1ccc(-c2c(C3CCOCC3)n(-c3ccc(F)cc3)c3cc4cn[nH]c4cc23)cn1.Cn1cc(-c2c(C3CCOCC3)n(-c3ccc(F)cc3)c3cc4cn[nH]c4cc23)ccc1=O.Fc1ccc(-n2c(C3CCOCC3)c(-c3ccc(OCC(F)(F)F)nc3)c3cc4[nH]ncc4cc32)cc1. The number of amides is 1. The molecule has 3 saturated heterocycles. The molecule has 0 radical (unpaired) electrons. The summed E-state index contributed by atoms with van der Waals surface area (Å²) in [5, 5.41) is 30.5. The van der Waals surface area contributed by atoms with Gasteiger partial charge in [-0.3, -0.25) is 24.9 Å². The first-order valence-electron chi connectivity index (χ1n) is 34.7. The number of carbonyl (C=O) groups is 1. The number of ether oxygens (including phenoxy) is 4. The van der Waals surface area contributed by atoms with Crippen molar-refractivity contribution in [1.82, 2.24) is 58.8 Å². The Morgan fingerprint density at radius 1 is 0.495 bits per heavy atom. The minimum absolute atomic E-state index is 0.0513. The second-order valence-electron chi connectivity index (χ2n) is 26.6. The molecule has 0 bridgehead atoms. The maximum Gasteiger partial charge on any atom is 0.422 e. The van der Waals surface area contributed by atoms with Gasteiger partial charge in [0.2, 0.25) is 17.3 Å². The van der Waals surface area contributed by atoms with Crippen LogP contribution in [0.2, 0.25) is 0 Å². The lowest BCUT2D eigenvalue weighted by Crippen LogP contribution is -2.19. The standard InChI is InChI=1S/C27H22F4N4O2.C27H24FN5O2.C26H23FN4O2/c28-19-2-4-20(5-3-19)35-23-11-18-14-33-34-22(18)12-21(23)25(26(35)16-7-9-36-10-8-16)17-1-6-24(32-13-17)37-15-27(29,30)31;1-16(34)31-25-7-2-18(14-29-25)26-22-13-23-19(15-30-32-23)12-24(22)33(21-5-3-20(28)4-6-21)27(26)17-8-10-35-11-9-17;1-30-15-17(2-7-24(30)32)25-21-13-22-18(14-28-29-22)12-23(21)31(20-5-3-19(27)4-6-20)26(25)16-8-10-33-11-9-16/h1-6,11-14,16H,7-10,15H2,(H,33,34);2-7,12-15,17H,8-11H2,1H3,(H,30,32)(H,29,31,34);2-7,12-16H,8-11H2,1H3,(H,28,29). The third-order valence-electron chi connectivity index (χ3n) is 19.9. The van der Waals surface area contributed by atoms with Gasteiger partial charge in [0.15, 0.2) is 6.61 Å². The zero-order chi connectivity index (χ0) is 72.0. The number of nitrogens with one attached hydrogen (secondary N) is 4. The van der Waals surface area contributed by atoms with Gasteiger partial charge in [0.05, 0.1) is 51.7 Å². The summed E-state index contributed by atoms with van der Waals surface area (Å²) >= 11 is 0. The number of anilines is 1. The number of pyridine rings is 3. The molecule has 0 atom stereocenters. The van der Waals surface area contributed by atoms with Crippen LogP contribution in [0.25, 0.3) is 116 Å². The van der Waals surface area contributed by atoms with Crippen LogP contribution in [0.5, 0.6) is 5.88 Å². The van der Waals surface area contributed by atoms with E-state index < -0.39 is 12.8 Å². The highest BCUT2D eigenvalue weighted by atomic mass is 19.4. The van der Waals surface area contributed by atoms with Gasteiger partial charge in [0.25, 0.3) is 0 Å². The van der Waals surface area contributed by atoms with E-state index in [9.17, 15) is 35.9 Å². The Kier molecular flexibility index (Phi) is 18.4. The van der Waals surface area contributed by atoms with Gasteiger partial charge in [-0.15, -0.1) is 0 Å². The fraction of sp³-hybridized carbons (Fsp3) is 0.237. The Bertz CT molecular complexity index is 5740. The van der Waals surface area contributed by atoms with Crippen molar-refractivity contribution in [3.8, 4) is 56.3 Å². The van der Waals surface area contributed by atoms with Crippen molar-refractivity contribution < 1.29 is 50.1 Å². The van der Waals surface area contributed by atoms with Gasteiger partial charge < -0.3 is 42.5 Å². The minimum Gasteiger partial charge on any atom is -0.468 e. The fourth-order valence-electron chi connectivity index (χ4n) is 15.1. The lowest BCUT2D eigenvalue weighted by molar-refractivity contribution is -0.154. The summed E-state index contributed by atoms with van der Waals surface area (Å²) in [6, 6.07) is 42.7. The van der Waals surface area contributed by atoms with Crippen LogP contribution in [0.15, 0.2) is 188 Å². The van der Waals surface area contributed by atoms with Crippen LogP contribution in [-0.4, -0.2) is 117 Å². The molecule has 25 heteroatoms. The van der Waals surface area contributed by atoms with Crippen LogP contribution >= 0.6 is 0 Å². The molecular formula is C80H69F6N13O6. The number of benzene rings is 6. The van der Waals surface area contributed by atoms with E-state index in [1.165, 1.54) is 61.3 Å². The van der Waals surface area contributed by atoms with Gasteiger partial charge in [-0.25, -0.2) is 23.1 Å². The Balaban J connectivity index is 0.000000121. The zero-order valence-corrected chi connectivity index (χ0v) is 57.0. The monoisotopic (exact) mass is 1420 g/mol. The first kappa shape index (κ1) is 67.8. The normalized spacial score (nSPS) is 14.9. The molecule has 6 aromatic carbocycles. The zero-order valence-electron chi connectivity index (χ0n) is 57.0. The summed E-state index contributed by atoms with van der Waals surface area (Å²) in [5.41, 5.74) is 17.4. The number of H-pyrrole nitrogens is 3. The molecule has 19 nitrogen and oxygen atoms in total. The fourth-order valence-corrected chi connectivity index (χ4v) is 15.1. The molecule has 15 aromatic rings. The molecule has 0 aliphatic carbocycles. The van der Waals surface area contributed by atoms with Crippen molar-refractivity contribution in [3.63, 3.8) is 0 Å². The summed E-state index contributed by atoms with van der Waals surface area (Å²) in [7, 11) is 1.77. The summed E-state index contributed by atoms with van der Waals surface area (Å²) in [6.07, 6.45) is 11.3. The van der Waals surface area contributed by atoms with Gasteiger partial charge in [-0.1, -0.05) is 0 Å². The van der Waals surface area contributed by atoms with Gasteiger partial charge in [0.1, 0.15) is 23.3 Å². The predicted octanol–water partition coefficient (Wildman–Crippen LogP) is 17.0. The highest BCUT2D eigenvalue weighted by Crippen LogP contribution is 2.49. The topological polar surface area (TPSA) is 215 Å². The van der Waals surface area contributed by atoms with Gasteiger partial charge in [-0.2, -0.15) is 28.5 Å². The number of rotatable bonds is 12. The van der Waals surface area contributed by atoms with Crippen LogP contribution < -0.4 is 15.6 Å². The number of hydrogen-bond acceptors (Lipinski definition) is 11. The van der Waals surface area contributed by atoms with Crippen LogP contribution in [-0.2, 0) is 26.1 Å². The van der Waals surface area contributed by atoms with E-state index >= 15 is 0 Å². The molecule has 532 valence electrons. The molecule has 0 spiro atoms. The van der Waals surface area contributed by atoms with Crippen molar-refractivity contribution in [1.29, 1.82) is 0 Å². The van der Waals surface area contributed by atoms with Crippen LogP contribution in [0.3, 0.4) is 0 Å². The molecule has 105 heavy (non-hydrogen) atoms. The second kappa shape index (κ2) is 28.5. The number of aryl methyl sites for hydroxylation is 1. The van der Waals surface area contributed by atoms with Gasteiger partial charge >= 0.3 is 6.18 Å². The Hall–Kier alpha value is -11.7. The maximum atomic E-state index is 13.9. The lowest BCUT2D eigenvalue weighted by Gasteiger charge is -2.26. The van der Waals surface area contributed by atoms with E-state index in [1.807, 2.05) is 73.2 Å². The van der Waals surface area contributed by atoms with E-state index in [1.54, 1.807) is 48.3 Å². The van der Waals surface area contributed by atoms with Crippen molar-refractivity contribution >= 4 is 77.1 Å². The second-order valence-corrected chi connectivity index (χ2v) is 26.6. The molecule has 12 heterocycles. The Labute approximate surface area is 595 Å². The highest BCUT2D eigenvalue weighted by molar-refractivity contribution is 6.08. The number of aromatic nitrogens is 12. The molecule has 18 rings (SSSR count). The first-order chi connectivity index (χ1) is 51.0. The van der Waals surface area contributed by atoms with Crippen molar-refractivity contribution in [2.75, 3.05) is 51.6 Å². The number of nitrogens with zero attached hydrogens (tertiary/aromatic N) is 9. The van der Waals surface area contributed by atoms with Crippen LogP contribution in [0.1, 0.15) is 80.3 Å². The Morgan fingerprint density at radius 2 is 0.867 bits per heavy atom. The molecule has 3 aliphatic rings. The van der Waals surface area contributed by atoms with Crippen LogP contribution in [0.4, 0.5) is 32.2 Å². The minimum atomic E-state index is -4.45. The molecule has 1 amide bonds. The lowest BCUT2D eigenvalue weighted by atomic mass is 9.90. The quantitative estimate of drug-likeness (QED) is 0.0844.